The van der Waals surface area contributed by atoms with E-state index in [1.165, 1.54) is 32.1 Å². The molecule has 1 aromatic carbocycles. The average Bonchev–Trinajstić information content (AvgIpc) is 2.81. The van der Waals surface area contributed by atoms with Crippen LogP contribution in [0.1, 0.15) is 30.9 Å². The molecule has 0 spiro atoms. The molecule has 2 unspecified atom stereocenters. The highest BCUT2D eigenvalue weighted by Gasteiger charge is 2.38. The molecule has 3 aliphatic rings. The highest BCUT2D eigenvalue weighted by atomic mass is 32.2. The molecule has 0 amide bonds. The van der Waals surface area contributed by atoms with E-state index >= 15 is 0 Å². The van der Waals surface area contributed by atoms with Crippen LogP contribution in [0.25, 0.3) is 0 Å². The van der Waals surface area contributed by atoms with E-state index in [-0.39, 0.29) is 16.1 Å². The smallest absolute Gasteiger partial charge is 0.275 e. The van der Waals surface area contributed by atoms with Gasteiger partial charge in [-0.15, -0.1) is 0 Å². The zero-order valence-corrected chi connectivity index (χ0v) is 20.1. The Balaban J connectivity index is 1.36. The van der Waals surface area contributed by atoms with Crippen LogP contribution in [0.2, 0.25) is 0 Å². The second-order valence-corrected chi connectivity index (χ2v) is 11.3. The molecule has 0 saturated carbocycles. The lowest BCUT2D eigenvalue weighted by molar-refractivity contribution is 0.0517. The Morgan fingerprint density at radius 2 is 1.73 bits per heavy atom. The van der Waals surface area contributed by atoms with E-state index in [0.29, 0.717) is 30.2 Å². The van der Waals surface area contributed by atoms with E-state index in [1.54, 1.807) is 22.8 Å². The van der Waals surface area contributed by atoms with Crippen molar-refractivity contribution in [2.24, 2.45) is 5.92 Å². The summed E-state index contributed by atoms with van der Waals surface area (Å²) in [6.45, 7) is 4.92. The van der Waals surface area contributed by atoms with Gasteiger partial charge in [0.2, 0.25) is 0 Å². The third-order valence-electron chi connectivity index (χ3n) is 7.45. The van der Waals surface area contributed by atoms with Crippen molar-refractivity contribution in [2.75, 3.05) is 45.1 Å². The Labute approximate surface area is 195 Å². The van der Waals surface area contributed by atoms with Gasteiger partial charge in [-0.05, 0) is 81.7 Å². The average molecular weight is 473 g/mol. The Bertz CT molecular complexity index is 1170. The van der Waals surface area contributed by atoms with Crippen molar-refractivity contribution in [1.29, 1.82) is 0 Å². The van der Waals surface area contributed by atoms with Gasteiger partial charge in [0.1, 0.15) is 11.4 Å². The fraction of sp³-hybridized carbons (Fsp3) is 0.542. The molecule has 4 heterocycles. The molecule has 178 valence electrons. The van der Waals surface area contributed by atoms with Gasteiger partial charge in [0.25, 0.3) is 15.6 Å². The molecule has 0 radical (unpaired) electrons. The van der Waals surface area contributed by atoms with Crippen molar-refractivity contribution < 1.29 is 13.2 Å². The number of nitrogens with zero attached hydrogens (tertiary/aromatic N) is 3. The van der Waals surface area contributed by atoms with Gasteiger partial charge < -0.3 is 14.2 Å². The molecule has 3 aliphatic heterocycles. The monoisotopic (exact) mass is 472 g/mol. The predicted molar refractivity (Wildman–Crippen MR) is 127 cm³/mol. The summed E-state index contributed by atoms with van der Waals surface area (Å²) in [6, 6.07) is 10.3. The van der Waals surface area contributed by atoms with Crippen molar-refractivity contribution >= 4 is 15.7 Å². The summed E-state index contributed by atoms with van der Waals surface area (Å²) in [5.74, 6) is 1.31. The lowest BCUT2D eigenvalue weighted by Crippen LogP contribution is -2.53. The number of nitrogens with one attached hydrogen (secondary N) is 1. The molecule has 2 bridgehead atoms. The quantitative estimate of drug-likeness (QED) is 0.718. The summed E-state index contributed by atoms with van der Waals surface area (Å²) in [6.07, 6.45) is 3.50. The minimum absolute atomic E-state index is 0.0936. The van der Waals surface area contributed by atoms with E-state index in [2.05, 4.69) is 21.6 Å². The molecule has 9 heteroatoms. The van der Waals surface area contributed by atoms with Crippen LogP contribution in [-0.4, -0.2) is 69.2 Å². The van der Waals surface area contributed by atoms with E-state index in [9.17, 15) is 13.2 Å². The highest BCUT2D eigenvalue weighted by molar-refractivity contribution is 7.92. The first-order valence-electron chi connectivity index (χ1n) is 11.7. The predicted octanol–water partition coefficient (Wildman–Crippen LogP) is 2.17. The number of sulfonamides is 1. The molecule has 2 atom stereocenters. The molecule has 2 fully saturated rings. The summed E-state index contributed by atoms with van der Waals surface area (Å²) in [4.78, 5) is 18.4. The first-order valence-corrected chi connectivity index (χ1v) is 13.2. The number of rotatable bonds is 5. The third-order valence-corrected chi connectivity index (χ3v) is 8.83. The number of fused-ring (bicyclic) bond motifs is 4. The van der Waals surface area contributed by atoms with Crippen LogP contribution in [0, 0.1) is 5.92 Å². The number of likely N-dealkylation sites (tertiary alicyclic amines) is 2. The Morgan fingerprint density at radius 1 is 1.00 bits per heavy atom. The normalized spacial score (nSPS) is 24.3. The maximum atomic E-state index is 13.3. The minimum Gasteiger partial charge on any atom is -0.497 e. The van der Waals surface area contributed by atoms with Crippen LogP contribution in [0.4, 0.5) is 5.69 Å². The van der Waals surface area contributed by atoms with Crippen LogP contribution in [-0.2, 0) is 16.6 Å². The minimum atomic E-state index is -3.86. The second kappa shape index (κ2) is 8.77. The van der Waals surface area contributed by atoms with Gasteiger partial charge in [0, 0.05) is 37.3 Å². The topological polar surface area (TPSA) is 83.9 Å². The summed E-state index contributed by atoms with van der Waals surface area (Å²) in [5, 5.41) is 0. The molecular formula is C24H32N4O4S. The molecule has 1 N–H and O–H groups in total. The van der Waals surface area contributed by atoms with Crippen LogP contribution in [0.3, 0.4) is 0 Å². The fourth-order valence-corrected chi connectivity index (χ4v) is 6.73. The molecule has 1 aromatic heterocycles. The SMILES string of the molecule is COc1ccc(S(=O)(=O)Nc2ccc3n(c2=O)CC2CC3CN(C3CCN(C)CC3)C2)cc1. The molecule has 5 rings (SSSR count). The number of aromatic nitrogens is 1. The van der Waals surface area contributed by atoms with Crippen LogP contribution in [0.15, 0.2) is 46.1 Å². The second-order valence-electron chi connectivity index (χ2n) is 9.66. The maximum Gasteiger partial charge on any atom is 0.275 e. The van der Waals surface area contributed by atoms with Gasteiger partial charge in [0.05, 0.1) is 12.0 Å². The fourth-order valence-electron chi connectivity index (χ4n) is 5.68. The molecule has 2 saturated heterocycles. The highest BCUT2D eigenvalue weighted by Crippen LogP contribution is 2.37. The zero-order valence-electron chi connectivity index (χ0n) is 19.2. The summed E-state index contributed by atoms with van der Waals surface area (Å²) in [7, 11) is -0.154. The van der Waals surface area contributed by atoms with Gasteiger partial charge >= 0.3 is 0 Å². The molecule has 2 aromatic rings. The molecule has 0 aliphatic carbocycles. The van der Waals surface area contributed by atoms with E-state index < -0.39 is 10.0 Å². The Kier molecular flexibility index (Phi) is 5.96. The van der Waals surface area contributed by atoms with Crippen molar-refractivity contribution in [3.63, 3.8) is 0 Å². The Hall–Kier alpha value is -2.36. The third kappa shape index (κ3) is 4.41. The summed E-state index contributed by atoms with van der Waals surface area (Å²) < 4.78 is 35.1. The van der Waals surface area contributed by atoms with Crippen molar-refractivity contribution in [2.45, 2.75) is 42.7 Å². The van der Waals surface area contributed by atoms with Gasteiger partial charge in [-0.3, -0.25) is 14.4 Å². The number of pyridine rings is 1. The van der Waals surface area contributed by atoms with Crippen LogP contribution >= 0.6 is 0 Å². The van der Waals surface area contributed by atoms with Gasteiger partial charge in [-0.25, -0.2) is 8.42 Å². The number of piperidine rings is 2. The number of benzene rings is 1. The zero-order chi connectivity index (χ0) is 23.2. The standard InChI is InChI=1S/C24H32N4O4S/c1-26-11-9-19(10-12-26)27-14-17-13-18(16-27)23-8-7-22(24(29)28(23)15-17)25-33(30,31)21-5-3-20(32-2)4-6-21/h3-8,17-19,25H,9-16H2,1-2H3. The lowest BCUT2D eigenvalue weighted by Gasteiger charge is -2.47. The number of ether oxygens (including phenoxy) is 1. The number of hydrogen-bond donors (Lipinski definition) is 1. The number of hydrogen-bond acceptors (Lipinski definition) is 6. The van der Waals surface area contributed by atoms with E-state index in [0.717, 1.165) is 38.3 Å². The van der Waals surface area contributed by atoms with E-state index in [4.69, 9.17) is 4.74 Å². The van der Waals surface area contributed by atoms with Gasteiger partial charge in [-0.2, -0.15) is 0 Å². The van der Waals surface area contributed by atoms with Crippen molar-refractivity contribution in [3.05, 3.63) is 52.4 Å². The maximum absolute atomic E-state index is 13.3. The van der Waals surface area contributed by atoms with Gasteiger partial charge in [0.15, 0.2) is 0 Å². The van der Waals surface area contributed by atoms with Crippen molar-refractivity contribution in [3.8, 4) is 5.75 Å². The summed E-state index contributed by atoms with van der Waals surface area (Å²) in [5.41, 5.74) is 0.870. The molecular weight excluding hydrogens is 440 g/mol. The largest absolute Gasteiger partial charge is 0.497 e. The molecule has 8 nitrogen and oxygen atoms in total. The number of anilines is 1. The first kappa shape index (κ1) is 22.4. The summed E-state index contributed by atoms with van der Waals surface area (Å²) >= 11 is 0. The van der Waals surface area contributed by atoms with Crippen molar-refractivity contribution in [1.82, 2.24) is 14.4 Å². The van der Waals surface area contributed by atoms with Gasteiger partial charge in [-0.1, -0.05) is 0 Å². The Morgan fingerprint density at radius 3 is 2.42 bits per heavy atom. The number of methoxy groups -OCH3 is 1. The van der Waals surface area contributed by atoms with Crippen LogP contribution < -0.4 is 15.0 Å². The van der Waals surface area contributed by atoms with E-state index in [1.807, 2.05) is 6.07 Å². The molecule has 33 heavy (non-hydrogen) atoms. The van der Waals surface area contributed by atoms with Crippen LogP contribution in [0.5, 0.6) is 5.75 Å². The lowest BCUT2D eigenvalue weighted by atomic mass is 9.82. The first-order chi connectivity index (χ1) is 15.8.